The van der Waals surface area contributed by atoms with Gasteiger partial charge >= 0.3 is 5.69 Å². The minimum absolute atomic E-state index is 0.0338. The Morgan fingerprint density at radius 2 is 2.21 bits per heavy atom. The number of hydrogen-bond donors (Lipinski definition) is 5. The van der Waals surface area contributed by atoms with Crippen molar-refractivity contribution in [2.45, 2.75) is 31.4 Å². The van der Waals surface area contributed by atoms with E-state index in [9.17, 15) is 19.8 Å². The number of tetrazole rings is 1. The summed E-state index contributed by atoms with van der Waals surface area (Å²) in [6, 6.07) is 0. The number of aliphatic hydroxyl groups excluding tert-OH is 2. The molecule has 1 aliphatic rings. The highest BCUT2D eigenvalue weighted by Crippen LogP contribution is 2.29. The summed E-state index contributed by atoms with van der Waals surface area (Å²) in [6.45, 7) is -0.246. The van der Waals surface area contributed by atoms with E-state index in [4.69, 9.17) is 10.5 Å². The first-order valence-corrected chi connectivity index (χ1v) is 8.34. The largest absolute Gasteiger partial charge is 0.394 e. The van der Waals surface area contributed by atoms with Gasteiger partial charge in [0.1, 0.15) is 6.10 Å². The normalized spacial score (nSPS) is 22.6. The Balaban J connectivity index is 1.73. The van der Waals surface area contributed by atoms with Crippen LogP contribution in [0.2, 0.25) is 0 Å². The minimum Gasteiger partial charge on any atom is -0.394 e. The van der Waals surface area contributed by atoms with Crippen LogP contribution in [0.25, 0.3) is 17.2 Å². The molecule has 0 aliphatic carbocycles. The van der Waals surface area contributed by atoms with Crippen LogP contribution in [0.15, 0.2) is 15.7 Å². The van der Waals surface area contributed by atoms with Crippen LogP contribution in [0.5, 0.6) is 0 Å². The Hall–Kier alpha value is -3.36. The number of fused-ring (bicyclic) bond motifs is 1. The first-order valence-electron chi connectivity index (χ1n) is 8.34. The third-order valence-electron chi connectivity index (χ3n) is 4.40. The Morgan fingerprint density at radius 3 is 2.89 bits per heavy atom. The highest BCUT2D eigenvalue weighted by Gasteiger charge is 2.37. The fourth-order valence-corrected chi connectivity index (χ4v) is 3.10. The van der Waals surface area contributed by atoms with Gasteiger partial charge in [0, 0.05) is 13.0 Å². The summed E-state index contributed by atoms with van der Waals surface area (Å²) in [5.74, 6) is 0.195. The van der Waals surface area contributed by atoms with Gasteiger partial charge in [-0.25, -0.2) is 9.36 Å². The minimum atomic E-state index is -1.08. The van der Waals surface area contributed by atoms with Crippen molar-refractivity contribution in [3.8, 4) is 0 Å². The van der Waals surface area contributed by atoms with Gasteiger partial charge in [-0.2, -0.15) is 10.2 Å². The molecular weight excluding hydrogens is 374 g/mol. The van der Waals surface area contributed by atoms with Crippen molar-refractivity contribution in [3.63, 3.8) is 0 Å². The maximum atomic E-state index is 12.8. The molecule has 3 aromatic rings. The Bertz CT molecular complexity index is 1130. The summed E-state index contributed by atoms with van der Waals surface area (Å²) in [5, 5.41) is 32.6. The molecule has 0 amide bonds. The number of imidazole rings is 1. The van der Waals surface area contributed by atoms with E-state index in [2.05, 4.69) is 30.6 Å². The van der Waals surface area contributed by atoms with E-state index in [0.717, 1.165) is 9.13 Å². The van der Waals surface area contributed by atoms with Gasteiger partial charge in [-0.15, -0.1) is 10.2 Å². The number of H-pyrrole nitrogens is 2. The number of anilines is 1. The number of nitrogen functional groups attached to an aromatic ring is 1. The van der Waals surface area contributed by atoms with Crippen LogP contribution in [-0.2, 0) is 11.3 Å². The number of ether oxygens (including phenoxy) is 1. The van der Waals surface area contributed by atoms with Crippen molar-refractivity contribution in [3.05, 3.63) is 32.7 Å². The molecule has 0 saturated carbocycles. The molecule has 4 heterocycles. The lowest BCUT2D eigenvalue weighted by Crippen LogP contribution is -2.29. The summed E-state index contributed by atoms with van der Waals surface area (Å²) in [7, 11) is 0. The third-order valence-corrected chi connectivity index (χ3v) is 4.40. The molecule has 14 nitrogen and oxygen atoms in total. The van der Waals surface area contributed by atoms with E-state index >= 15 is 0 Å². The zero-order valence-electron chi connectivity index (χ0n) is 14.4. The average Bonchev–Trinajstić information content (AvgIpc) is 3.37. The third kappa shape index (κ3) is 2.98. The lowest BCUT2D eigenvalue weighted by molar-refractivity contribution is -0.0502. The Kier molecular flexibility index (Phi) is 4.50. The van der Waals surface area contributed by atoms with Gasteiger partial charge in [0.15, 0.2) is 23.2 Å². The topological polar surface area (TPSA) is 203 Å². The molecular formula is C14H17N9O5. The SMILES string of the molecule is Nc1nc2c([nH]c(=O)n2[C@@H]2O[C@H](CO)C[C@H]2O)c(=O)n1C/C=C/c1nn[nH]n1. The number of nitrogens with one attached hydrogen (secondary N) is 2. The number of aromatic nitrogens is 8. The van der Waals surface area contributed by atoms with Gasteiger partial charge in [0.2, 0.25) is 5.95 Å². The number of rotatable bonds is 5. The number of hydrogen-bond acceptors (Lipinski definition) is 10. The monoisotopic (exact) mass is 391 g/mol. The first kappa shape index (κ1) is 18.0. The maximum absolute atomic E-state index is 12.8. The number of nitrogens with two attached hydrogens (primary N) is 1. The summed E-state index contributed by atoms with van der Waals surface area (Å²) < 4.78 is 7.68. The molecule has 0 aromatic carbocycles. The lowest BCUT2D eigenvalue weighted by atomic mass is 10.2. The molecule has 6 N–H and O–H groups in total. The van der Waals surface area contributed by atoms with Crippen LogP contribution in [0.1, 0.15) is 18.5 Å². The van der Waals surface area contributed by atoms with Crippen LogP contribution < -0.4 is 17.0 Å². The lowest BCUT2D eigenvalue weighted by Gasteiger charge is -2.16. The van der Waals surface area contributed by atoms with Crippen molar-refractivity contribution in [1.82, 2.24) is 39.7 Å². The van der Waals surface area contributed by atoms with Crippen molar-refractivity contribution in [2.75, 3.05) is 12.3 Å². The van der Waals surface area contributed by atoms with Gasteiger partial charge in [0.25, 0.3) is 5.56 Å². The zero-order chi connectivity index (χ0) is 19.8. The molecule has 1 fully saturated rings. The van der Waals surface area contributed by atoms with Gasteiger partial charge in [-0.3, -0.25) is 14.3 Å². The average molecular weight is 391 g/mol. The van der Waals surface area contributed by atoms with Gasteiger partial charge < -0.3 is 20.7 Å². The van der Waals surface area contributed by atoms with Crippen LogP contribution in [0.3, 0.4) is 0 Å². The van der Waals surface area contributed by atoms with Gasteiger partial charge in [-0.05, 0) is 11.3 Å². The summed E-state index contributed by atoms with van der Waals surface area (Å²) >= 11 is 0. The molecule has 0 bridgehead atoms. The maximum Gasteiger partial charge on any atom is 0.330 e. The Morgan fingerprint density at radius 1 is 1.39 bits per heavy atom. The number of allylic oxidation sites excluding steroid dienone is 1. The van der Waals surface area contributed by atoms with Crippen LogP contribution in [0, 0.1) is 0 Å². The van der Waals surface area contributed by atoms with Crippen molar-refractivity contribution < 1.29 is 14.9 Å². The quantitative estimate of drug-likeness (QED) is 0.305. The van der Waals surface area contributed by atoms with E-state index < -0.39 is 29.7 Å². The molecule has 1 saturated heterocycles. The summed E-state index contributed by atoms with van der Waals surface area (Å²) in [5.41, 5.74) is 4.55. The molecule has 0 unspecified atom stereocenters. The van der Waals surface area contributed by atoms with Gasteiger partial charge in [0.05, 0.1) is 12.7 Å². The van der Waals surface area contributed by atoms with Crippen molar-refractivity contribution >= 4 is 23.2 Å². The smallest absolute Gasteiger partial charge is 0.330 e. The number of aromatic amines is 2. The van der Waals surface area contributed by atoms with E-state index in [-0.39, 0.29) is 36.7 Å². The second-order valence-electron chi connectivity index (χ2n) is 6.19. The second kappa shape index (κ2) is 6.99. The molecule has 1 aliphatic heterocycles. The molecule has 28 heavy (non-hydrogen) atoms. The van der Waals surface area contributed by atoms with E-state index in [0.29, 0.717) is 5.82 Å². The first-order chi connectivity index (χ1) is 13.5. The molecule has 0 radical (unpaired) electrons. The molecule has 3 aromatic heterocycles. The predicted molar refractivity (Wildman–Crippen MR) is 93.9 cm³/mol. The van der Waals surface area contributed by atoms with Gasteiger partial charge in [-0.1, -0.05) is 6.08 Å². The predicted octanol–water partition coefficient (Wildman–Crippen LogP) is -2.66. The Labute approximate surface area is 155 Å². The summed E-state index contributed by atoms with van der Waals surface area (Å²) in [4.78, 5) is 31.7. The molecule has 0 spiro atoms. The molecule has 3 atom stereocenters. The zero-order valence-corrected chi connectivity index (χ0v) is 14.4. The number of nitrogens with zero attached hydrogens (tertiary/aromatic N) is 6. The highest BCUT2D eigenvalue weighted by molar-refractivity contribution is 5.71. The standard InChI is InChI=1S/C14H17N9O5/c15-13-17-10-9(11(26)22(13)3-1-2-8-18-20-21-19-8)16-14(27)23(10)12-7(25)4-6(5-24)28-12/h1-2,6-7,12,24-25H,3-5H2,(H2,15,17)(H,16,27)(H,18,19,20,21)/b2-1+/t6-,7+,12+/m0/s1. The van der Waals surface area contributed by atoms with E-state index in [1.165, 1.54) is 6.08 Å². The van der Waals surface area contributed by atoms with Crippen LogP contribution in [-0.4, -0.2) is 68.8 Å². The fourth-order valence-electron chi connectivity index (χ4n) is 3.10. The fraction of sp³-hybridized carbons (Fsp3) is 0.429. The van der Waals surface area contributed by atoms with E-state index in [1.54, 1.807) is 6.08 Å². The number of aliphatic hydroxyl groups is 2. The molecule has 148 valence electrons. The summed E-state index contributed by atoms with van der Waals surface area (Å²) in [6.07, 6.45) is 0.514. The van der Waals surface area contributed by atoms with Crippen LogP contribution >= 0.6 is 0 Å². The van der Waals surface area contributed by atoms with Crippen LogP contribution in [0.4, 0.5) is 5.95 Å². The van der Waals surface area contributed by atoms with Crippen molar-refractivity contribution in [2.24, 2.45) is 0 Å². The highest BCUT2D eigenvalue weighted by atomic mass is 16.5. The van der Waals surface area contributed by atoms with Crippen molar-refractivity contribution in [1.29, 1.82) is 0 Å². The molecule has 4 rings (SSSR count). The molecule has 14 heteroatoms. The second-order valence-corrected chi connectivity index (χ2v) is 6.19. The van der Waals surface area contributed by atoms with E-state index in [1.807, 2.05) is 0 Å².